The first-order chi connectivity index (χ1) is 11.7. The molecule has 3 aromatic rings. The fourth-order valence-corrected chi connectivity index (χ4v) is 2.87. The molecule has 0 aromatic heterocycles. The van der Waals surface area contributed by atoms with Gasteiger partial charge >= 0.3 is 5.97 Å². The van der Waals surface area contributed by atoms with E-state index in [2.05, 4.69) is 15.9 Å². The molecule has 0 atom stereocenters. The number of carbonyl (C=O) groups is 1. The molecule has 3 rings (SSSR count). The molecule has 0 heterocycles. The topological polar surface area (TPSA) is 35.5 Å². The molecule has 0 radical (unpaired) electrons. The van der Waals surface area contributed by atoms with E-state index >= 15 is 0 Å². The third-order valence-corrected chi connectivity index (χ3v) is 4.29. The number of rotatable bonds is 5. The van der Waals surface area contributed by atoms with Gasteiger partial charge in [-0.15, -0.1) is 0 Å². The van der Waals surface area contributed by atoms with Crippen LogP contribution < -0.4 is 9.47 Å². The summed E-state index contributed by atoms with van der Waals surface area (Å²) in [4.78, 5) is 12.4. The smallest absolute Gasteiger partial charge is 0.343 e. The van der Waals surface area contributed by atoms with E-state index in [0.717, 1.165) is 27.4 Å². The van der Waals surface area contributed by atoms with Crippen LogP contribution in [0.25, 0.3) is 10.8 Å². The molecule has 0 fully saturated rings. The van der Waals surface area contributed by atoms with Crippen molar-refractivity contribution in [1.29, 1.82) is 0 Å². The van der Waals surface area contributed by atoms with Crippen LogP contribution in [-0.2, 0) is 0 Å². The molecule has 24 heavy (non-hydrogen) atoms. The molecule has 0 aliphatic carbocycles. The van der Waals surface area contributed by atoms with Crippen molar-refractivity contribution in [3.05, 3.63) is 70.7 Å². The molecule has 122 valence electrons. The number of ether oxygens (including phenoxy) is 2. The molecule has 0 aliphatic heterocycles. The minimum atomic E-state index is -0.385. The average Bonchev–Trinajstić information content (AvgIpc) is 2.63. The van der Waals surface area contributed by atoms with E-state index in [-0.39, 0.29) is 5.97 Å². The predicted molar refractivity (Wildman–Crippen MR) is 98.8 cm³/mol. The van der Waals surface area contributed by atoms with Gasteiger partial charge in [-0.1, -0.05) is 47.1 Å². The van der Waals surface area contributed by atoms with Gasteiger partial charge in [0.25, 0.3) is 0 Å². The molecule has 0 unspecified atom stereocenters. The Morgan fingerprint density at radius 2 is 1.67 bits per heavy atom. The van der Waals surface area contributed by atoms with E-state index in [0.29, 0.717) is 17.9 Å². The Hall–Kier alpha value is -2.33. The molecule has 0 bridgehead atoms. The fraction of sp³-hybridized carbons (Fsp3) is 0.150. The molecular formula is C20H17BrO3. The van der Waals surface area contributed by atoms with Crippen molar-refractivity contribution in [2.24, 2.45) is 0 Å². The van der Waals surface area contributed by atoms with Gasteiger partial charge < -0.3 is 9.47 Å². The fourth-order valence-electron chi connectivity index (χ4n) is 2.39. The SMILES string of the molecule is CCCOc1ccc(C(=O)Oc2ccc(Br)c3ccccc23)cc1. The zero-order valence-electron chi connectivity index (χ0n) is 13.3. The summed E-state index contributed by atoms with van der Waals surface area (Å²) in [5.74, 6) is 0.914. The van der Waals surface area contributed by atoms with Crippen LogP contribution in [0.2, 0.25) is 0 Å². The lowest BCUT2D eigenvalue weighted by Crippen LogP contribution is -2.08. The minimum Gasteiger partial charge on any atom is -0.494 e. The lowest BCUT2D eigenvalue weighted by molar-refractivity contribution is 0.0737. The molecule has 4 heteroatoms. The Labute approximate surface area is 149 Å². The average molecular weight is 385 g/mol. The first kappa shape index (κ1) is 16.5. The van der Waals surface area contributed by atoms with Crippen LogP contribution in [0.4, 0.5) is 0 Å². The Bertz CT molecular complexity index is 856. The monoisotopic (exact) mass is 384 g/mol. The standard InChI is InChI=1S/C20H17BrO3/c1-2-13-23-15-9-7-14(8-10-15)20(22)24-19-12-11-18(21)16-5-3-4-6-17(16)19/h3-12H,2,13H2,1H3. The third kappa shape index (κ3) is 3.60. The number of fused-ring (bicyclic) bond motifs is 1. The normalized spacial score (nSPS) is 10.6. The summed E-state index contributed by atoms with van der Waals surface area (Å²) in [6, 6.07) is 18.5. The zero-order valence-corrected chi connectivity index (χ0v) is 14.9. The Morgan fingerprint density at radius 1 is 0.958 bits per heavy atom. The van der Waals surface area contributed by atoms with Crippen LogP contribution in [0.5, 0.6) is 11.5 Å². The zero-order chi connectivity index (χ0) is 16.9. The lowest BCUT2D eigenvalue weighted by Gasteiger charge is -2.10. The molecule has 3 aromatic carbocycles. The maximum absolute atomic E-state index is 12.4. The van der Waals surface area contributed by atoms with Crippen molar-refractivity contribution in [3.8, 4) is 11.5 Å². The predicted octanol–water partition coefficient (Wildman–Crippen LogP) is 5.61. The summed E-state index contributed by atoms with van der Waals surface area (Å²) in [5, 5.41) is 1.90. The van der Waals surface area contributed by atoms with Gasteiger partial charge in [-0.05, 0) is 48.2 Å². The van der Waals surface area contributed by atoms with Crippen LogP contribution in [0.1, 0.15) is 23.7 Å². The molecule has 0 N–H and O–H groups in total. The van der Waals surface area contributed by atoms with Crippen molar-refractivity contribution < 1.29 is 14.3 Å². The number of carbonyl (C=O) groups excluding carboxylic acids is 1. The second kappa shape index (κ2) is 7.49. The van der Waals surface area contributed by atoms with Gasteiger partial charge in [0.2, 0.25) is 0 Å². The van der Waals surface area contributed by atoms with Crippen LogP contribution in [0.15, 0.2) is 65.1 Å². The number of hydrogen-bond acceptors (Lipinski definition) is 3. The second-order valence-corrected chi connectivity index (χ2v) is 6.21. The van der Waals surface area contributed by atoms with Crippen LogP contribution in [0.3, 0.4) is 0 Å². The third-order valence-electron chi connectivity index (χ3n) is 3.60. The van der Waals surface area contributed by atoms with Gasteiger partial charge in [-0.3, -0.25) is 0 Å². The second-order valence-electron chi connectivity index (χ2n) is 5.35. The molecule has 0 saturated heterocycles. The highest BCUT2D eigenvalue weighted by Crippen LogP contribution is 2.32. The van der Waals surface area contributed by atoms with E-state index in [1.54, 1.807) is 30.3 Å². The summed E-state index contributed by atoms with van der Waals surface area (Å²) in [7, 11) is 0. The van der Waals surface area contributed by atoms with Gasteiger partial charge in [-0.2, -0.15) is 0 Å². The van der Waals surface area contributed by atoms with E-state index in [1.165, 1.54) is 0 Å². The highest BCUT2D eigenvalue weighted by molar-refractivity contribution is 9.10. The summed E-state index contributed by atoms with van der Waals surface area (Å²) >= 11 is 3.52. The number of hydrogen-bond donors (Lipinski definition) is 0. The van der Waals surface area contributed by atoms with E-state index in [4.69, 9.17) is 9.47 Å². The first-order valence-electron chi connectivity index (χ1n) is 7.81. The summed E-state index contributed by atoms with van der Waals surface area (Å²) < 4.78 is 12.1. The molecule has 0 spiro atoms. The highest BCUT2D eigenvalue weighted by Gasteiger charge is 2.12. The molecule has 0 amide bonds. The Balaban J connectivity index is 1.81. The van der Waals surface area contributed by atoms with Crippen LogP contribution >= 0.6 is 15.9 Å². The number of esters is 1. The van der Waals surface area contributed by atoms with E-state index in [1.807, 2.05) is 37.3 Å². The number of halogens is 1. The van der Waals surface area contributed by atoms with Gasteiger partial charge in [0.05, 0.1) is 12.2 Å². The maximum Gasteiger partial charge on any atom is 0.343 e. The van der Waals surface area contributed by atoms with Crippen LogP contribution in [0, 0.1) is 0 Å². The summed E-state index contributed by atoms with van der Waals surface area (Å²) in [6.45, 7) is 2.71. The quantitative estimate of drug-likeness (QED) is 0.423. The van der Waals surface area contributed by atoms with E-state index < -0.39 is 0 Å². The van der Waals surface area contributed by atoms with Crippen molar-refractivity contribution in [1.82, 2.24) is 0 Å². The molecule has 0 saturated carbocycles. The first-order valence-corrected chi connectivity index (χ1v) is 8.60. The van der Waals surface area contributed by atoms with E-state index in [9.17, 15) is 4.79 Å². The van der Waals surface area contributed by atoms with Crippen LogP contribution in [-0.4, -0.2) is 12.6 Å². The highest BCUT2D eigenvalue weighted by atomic mass is 79.9. The minimum absolute atomic E-state index is 0.385. The molecular weight excluding hydrogens is 368 g/mol. The van der Waals surface area contributed by atoms with Gasteiger partial charge in [0.15, 0.2) is 0 Å². The Morgan fingerprint density at radius 3 is 2.38 bits per heavy atom. The van der Waals surface area contributed by atoms with Gasteiger partial charge in [-0.25, -0.2) is 4.79 Å². The largest absolute Gasteiger partial charge is 0.494 e. The van der Waals surface area contributed by atoms with Gasteiger partial charge in [0.1, 0.15) is 11.5 Å². The van der Waals surface area contributed by atoms with Crippen molar-refractivity contribution in [3.63, 3.8) is 0 Å². The Kier molecular flexibility index (Phi) is 5.16. The van der Waals surface area contributed by atoms with Crippen molar-refractivity contribution in [2.45, 2.75) is 13.3 Å². The maximum atomic E-state index is 12.4. The number of benzene rings is 3. The molecule has 3 nitrogen and oxygen atoms in total. The van der Waals surface area contributed by atoms with Crippen molar-refractivity contribution in [2.75, 3.05) is 6.61 Å². The summed E-state index contributed by atoms with van der Waals surface area (Å²) in [5.41, 5.74) is 0.492. The van der Waals surface area contributed by atoms with Gasteiger partial charge in [0, 0.05) is 9.86 Å². The molecule has 0 aliphatic rings. The lowest BCUT2D eigenvalue weighted by atomic mass is 10.1. The summed E-state index contributed by atoms with van der Waals surface area (Å²) in [6.07, 6.45) is 0.945. The van der Waals surface area contributed by atoms with Crippen molar-refractivity contribution >= 4 is 32.7 Å².